The van der Waals surface area contributed by atoms with Crippen LogP contribution in [-0.2, 0) is 25.2 Å². The fourth-order valence-corrected chi connectivity index (χ4v) is 2.59. The molecule has 3 rings (SSSR count). The maximum absolute atomic E-state index is 12.7. The van der Waals surface area contributed by atoms with Gasteiger partial charge in [0.05, 0.1) is 10.7 Å². The van der Waals surface area contributed by atoms with Crippen molar-refractivity contribution in [2.45, 2.75) is 25.8 Å². The van der Waals surface area contributed by atoms with E-state index in [-0.39, 0.29) is 16.3 Å². The molecule has 1 aromatic carbocycles. The second-order valence-corrected chi connectivity index (χ2v) is 6.60. The van der Waals surface area contributed by atoms with Gasteiger partial charge in [0, 0.05) is 31.9 Å². The number of carbonyl (C=O) groups excluding carboxylic acids is 2. The molecular weight excluding hydrogens is 403 g/mol. The topological polar surface area (TPSA) is 82.5 Å². The van der Waals surface area contributed by atoms with Crippen molar-refractivity contribution in [3.05, 3.63) is 53.0 Å². The average Bonchev–Trinajstić information content (AvgIpc) is 3.03. The van der Waals surface area contributed by atoms with Crippen LogP contribution in [0.1, 0.15) is 19.5 Å². The van der Waals surface area contributed by atoms with Gasteiger partial charge in [-0.1, -0.05) is 11.6 Å². The monoisotopic (exact) mass is 415 g/mol. The van der Waals surface area contributed by atoms with Gasteiger partial charge < -0.3 is 14.8 Å². The maximum Gasteiger partial charge on any atom is 0.435 e. The van der Waals surface area contributed by atoms with Crippen LogP contribution < -0.4 is 5.32 Å². The summed E-state index contributed by atoms with van der Waals surface area (Å²) in [5.74, 6) is -3.06. The van der Waals surface area contributed by atoms with Gasteiger partial charge in [0.1, 0.15) is 0 Å². The van der Waals surface area contributed by atoms with Crippen LogP contribution >= 0.6 is 11.6 Å². The van der Waals surface area contributed by atoms with E-state index in [0.717, 1.165) is 23.1 Å². The molecule has 0 saturated carbocycles. The molecule has 0 bridgehead atoms. The number of rotatable bonds is 3. The van der Waals surface area contributed by atoms with Gasteiger partial charge in [-0.05, 0) is 24.3 Å². The van der Waals surface area contributed by atoms with Crippen molar-refractivity contribution in [3.63, 3.8) is 0 Å². The van der Waals surface area contributed by atoms with E-state index in [9.17, 15) is 22.8 Å². The Morgan fingerprint density at radius 2 is 1.82 bits per heavy atom. The number of ether oxygens (including phenoxy) is 2. The van der Waals surface area contributed by atoms with Gasteiger partial charge in [-0.2, -0.15) is 18.3 Å². The highest BCUT2D eigenvalue weighted by atomic mass is 35.5. The Kier molecular flexibility index (Phi) is 4.84. The fourth-order valence-electron chi connectivity index (χ4n) is 2.33. The van der Waals surface area contributed by atoms with E-state index >= 15 is 0 Å². The van der Waals surface area contributed by atoms with Crippen LogP contribution in [-0.4, -0.2) is 27.5 Å². The Morgan fingerprint density at radius 3 is 2.36 bits per heavy atom. The quantitative estimate of drug-likeness (QED) is 0.468. The summed E-state index contributed by atoms with van der Waals surface area (Å²) >= 11 is 6.12. The largest absolute Gasteiger partial charge is 0.435 e. The van der Waals surface area contributed by atoms with Crippen molar-refractivity contribution in [2.75, 3.05) is 5.32 Å². The van der Waals surface area contributed by atoms with Crippen molar-refractivity contribution >= 4 is 29.2 Å². The molecule has 0 spiro atoms. The van der Waals surface area contributed by atoms with E-state index in [1.807, 2.05) is 0 Å². The number of nitrogens with zero attached hydrogens (tertiary/aromatic N) is 2. The van der Waals surface area contributed by atoms with Gasteiger partial charge in [-0.25, -0.2) is 14.3 Å². The van der Waals surface area contributed by atoms with Gasteiger partial charge in [-0.15, -0.1) is 0 Å². The summed E-state index contributed by atoms with van der Waals surface area (Å²) in [7, 11) is 0. The van der Waals surface area contributed by atoms with Gasteiger partial charge in [0.15, 0.2) is 11.3 Å². The van der Waals surface area contributed by atoms with E-state index in [0.29, 0.717) is 5.69 Å². The lowest BCUT2D eigenvalue weighted by molar-refractivity contribution is -0.222. The summed E-state index contributed by atoms with van der Waals surface area (Å²) < 4.78 is 48.9. The van der Waals surface area contributed by atoms with E-state index in [1.165, 1.54) is 32.0 Å². The first kappa shape index (κ1) is 19.7. The fraction of sp³-hybridized carbons (Fsp3) is 0.235. The average molecular weight is 416 g/mol. The lowest BCUT2D eigenvalue weighted by Crippen LogP contribution is -2.42. The van der Waals surface area contributed by atoms with Crippen LogP contribution in [0.5, 0.6) is 0 Å². The zero-order valence-corrected chi connectivity index (χ0v) is 15.3. The number of cyclic esters (lactones) is 2. The molecule has 1 aliphatic rings. The summed E-state index contributed by atoms with van der Waals surface area (Å²) in [6.07, 6.45) is -2.33. The number of anilines is 1. The number of hydrogen-bond donors (Lipinski definition) is 1. The number of halogens is 4. The number of alkyl halides is 3. The molecule has 1 saturated heterocycles. The third-order valence-corrected chi connectivity index (χ3v) is 3.88. The molecule has 0 radical (unpaired) electrons. The SMILES string of the molecule is CC1(C)OC(=O)C(=CNc2ccc(-n3ccc(C(F)(F)F)n3)c(Cl)c2)C(=O)O1. The Balaban J connectivity index is 1.79. The predicted octanol–water partition coefficient (Wildman–Crippen LogP) is 3.68. The third-order valence-electron chi connectivity index (χ3n) is 3.57. The lowest BCUT2D eigenvalue weighted by Gasteiger charge is -2.29. The van der Waals surface area contributed by atoms with Crippen LogP contribution in [0.2, 0.25) is 5.02 Å². The highest BCUT2D eigenvalue weighted by Crippen LogP contribution is 2.30. The molecule has 0 unspecified atom stereocenters. The van der Waals surface area contributed by atoms with E-state index in [4.69, 9.17) is 21.1 Å². The molecule has 2 aromatic rings. The van der Waals surface area contributed by atoms with Crippen molar-refractivity contribution in [3.8, 4) is 5.69 Å². The number of hydrogen-bond acceptors (Lipinski definition) is 6. The summed E-state index contributed by atoms with van der Waals surface area (Å²) in [6, 6.07) is 5.13. The first-order valence-electron chi connectivity index (χ1n) is 7.82. The van der Waals surface area contributed by atoms with E-state index < -0.39 is 29.6 Å². The van der Waals surface area contributed by atoms with Crippen molar-refractivity contribution in [2.24, 2.45) is 0 Å². The first-order valence-corrected chi connectivity index (χ1v) is 8.20. The summed E-state index contributed by atoms with van der Waals surface area (Å²) in [5, 5.41) is 6.23. The maximum atomic E-state index is 12.7. The zero-order chi connectivity index (χ0) is 20.7. The molecular formula is C17H13ClF3N3O4. The predicted molar refractivity (Wildman–Crippen MR) is 91.5 cm³/mol. The smallest absolute Gasteiger partial charge is 0.419 e. The Hall–Kier alpha value is -3.01. The number of nitrogens with one attached hydrogen (secondary N) is 1. The van der Waals surface area contributed by atoms with E-state index in [1.54, 1.807) is 0 Å². The van der Waals surface area contributed by atoms with Crippen LogP contribution in [0.25, 0.3) is 5.69 Å². The second-order valence-electron chi connectivity index (χ2n) is 6.19. The summed E-state index contributed by atoms with van der Waals surface area (Å²) in [5.41, 5.74) is -0.808. The lowest BCUT2D eigenvalue weighted by atomic mass is 10.2. The Morgan fingerprint density at radius 1 is 1.18 bits per heavy atom. The normalized spacial score (nSPS) is 16.4. The molecule has 0 atom stereocenters. The van der Waals surface area contributed by atoms with Gasteiger partial charge >= 0.3 is 18.1 Å². The molecule has 28 heavy (non-hydrogen) atoms. The minimum Gasteiger partial charge on any atom is -0.419 e. The van der Waals surface area contributed by atoms with Crippen LogP contribution in [0.15, 0.2) is 42.2 Å². The standard InChI is InChI=1S/C17H13ClF3N3O4/c1-16(2)27-14(25)10(15(26)28-16)8-22-9-3-4-12(11(18)7-9)24-6-5-13(23-24)17(19,20)21/h3-8,22H,1-2H3. The van der Waals surface area contributed by atoms with Crippen molar-refractivity contribution in [1.82, 2.24) is 9.78 Å². The van der Waals surface area contributed by atoms with Gasteiger partial charge in [0.2, 0.25) is 0 Å². The minimum atomic E-state index is -4.57. The molecule has 148 valence electrons. The highest BCUT2D eigenvalue weighted by molar-refractivity contribution is 6.32. The Bertz CT molecular complexity index is 960. The van der Waals surface area contributed by atoms with Crippen LogP contribution in [0.4, 0.5) is 18.9 Å². The molecule has 0 aliphatic carbocycles. The molecule has 1 aromatic heterocycles. The third kappa shape index (κ3) is 4.11. The highest BCUT2D eigenvalue weighted by Gasteiger charge is 2.39. The molecule has 11 heteroatoms. The van der Waals surface area contributed by atoms with E-state index in [2.05, 4.69) is 10.4 Å². The number of esters is 2. The molecule has 0 amide bonds. The number of benzene rings is 1. The van der Waals surface area contributed by atoms with Crippen LogP contribution in [0.3, 0.4) is 0 Å². The Labute approximate surface area is 161 Å². The first-order chi connectivity index (χ1) is 13.0. The van der Waals surface area contributed by atoms with Crippen LogP contribution in [0, 0.1) is 0 Å². The summed E-state index contributed by atoms with van der Waals surface area (Å²) in [6.45, 7) is 2.84. The summed E-state index contributed by atoms with van der Waals surface area (Å²) in [4.78, 5) is 23.7. The second kappa shape index (κ2) is 6.86. The molecule has 2 heterocycles. The minimum absolute atomic E-state index is 0.0927. The molecule has 1 aliphatic heterocycles. The zero-order valence-electron chi connectivity index (χ0n) is 14.5. The van der Waals surface area contributed by atoms with Crippen molar-refractivity contribution < 1.29 is 32.2 Å². The van der Waals surface area contributed by atoms with Gasteiger partial charge in [0.25, 0.3) is 5.79 Å². The number of aromatic nitrogens is 2. The van der Waals surface area contributed by atoms with Crippen molar-refractivity contribution in [1.29, 1.82) is 0 Å². The van der Waals surface area contributed by atoms with Gasteiger partial charge in [-0.3, -0.25) is 0 Å². The molecule has 1 fully saturated rings. The molecule has 7 nitrogen and oxygen atoms in total. The number of carbonyl (C=O) groups is 2. The molecule has 1 N–H and O–H groups in total.